The molecule has 0 aromatic carbocycles. The number of rotatable bonds is 5. The highest BCUT2D eigenvalue weighted by Crippen LogP contribution is 2.20. The Morgan fingerprint density at radius 2 is 2.05 bits per heavy atom. The van der Waals surface area contributed by atoms with Crippen LogP contribution in [-0.2, 0) is 6.54 Å². The molecule has 1 aromatic rings. The van der Waals surface area contributed by atoms with Crippen LogP contribution in [0.25, 0.3) is 0 Å². The van der Waals surface area contributed by atoms with Crippen LogP contribution >= 0.6 is 0 Å². The quantitative estimate of drug-likeness (QED) is 0.903. The summed E-state index contributed by atoms with van der Waals surface area (Å²) >= 11 is 0. The molecule has 1 fully saturated rings. The fraction of sp³-hybridized carbons (Fsp3) is 0.812. The number of anilines is 1. The van der Waals surface area contributed by atoms with Crippen molar-refractivity contribution in [2.75, 3.05) is 38.6 Å². The third kappa shape index (κ3) is 5.32. The largest absolute Gasteiger partial charge is 0.432 e. The highest BCUT2D eigenvalue weighted by atomic mass is 16.4. The van der Waals surface area contributed by atoms with Crippen molar-refractivity contribution in [2.24, 2.45) is 5.92 Å². The molecule has 1 aliphatic rings. The van der Waals surface area contributed by atoms with Gasteiger partial charge in [0.1, 0.15) is 6.26 Å². The summed E-state index contributed by atoms with van der Waals surface area (Å²) in [6.45, 7) is 10.6. The molecule has 0 aliphatic carbocycles. The van der Waals surface area contributed by atoms with E-state index in [0.29, 0.717) is 0 Å². The summed E-state index contributed by atoms with van der Waals surface area (Å²) in [4.78, 5) is 9.13. The van der Waals surface area contributed by atoms with Crippen molar-refractivity contribution in [2.45, 2.75) is 45.7 Å². The van der Waals surface area contributed by atoms with Crippen molar-refractivity contribution in [3.63, 3.8) is 0 Å². The second-order valence-electron chi connectivity index (χ2n) is 7.35. The van der Waals surface area contributed by atoms with E-state index in [1.807, 2.05) is 0 Å². The molecule has 2 rings (SSSR count). The number of piperidine rings is 1. The number of nitrogens with one attached hydrogen (secondary N) is 1. The van der Waals surface area contributed by atoms with Gasteiger partial charge in [-0.2, -0.15) is 4.98 Å². The van der Waals surface area contributed by atoms with Crippen LogP contribution < -0.4 is 10.2 Å². The van der Waals surface area contributed by atoms with Gasteiger partial charge in [0.25, 0.3) is 6.01 Å². The Balaban J connectivity index is 1.82. The summed E-state index contributed by atoms with van der Waals surface area (Å²) in [6.07, 6.45) is 4.29. The first-order valence-electron chi connectivity index (χ1n) is 7.92. The van der Waals surface area contributed by atoms with Gasteiger partial charge in [0, 0.05) is 25.7 Å². The number of hydrogen-bond acceptors (Lipinski definition) is 5. The number of oxazole rings is 1. The van der Waals surface area contributed by atoms with Gasteiger partial charge < -0.3 is 19.5 Å². The van der Waals surface area contributed by atoms with E-state index in [2.05, 4.69) is 55.0 Å². The fourth-order valence-electron chi connectivity index (χ4n) is 2.62. The molecule has 0 unspecified atom stereocenters. The van der Waals surface area contributed by atoms with Crippen molar-refractivity contribution in [3.8, 4) is 0 Å². The monoisotopic (exact) mass is 294 g/mol. The molecule has 0 spiro atoms. The van der Waals surface area contributed by atoms with E-state index in [-0.39, 0.29) is 5.54 Å². The normalized spacial score (nSPS) is 18.1. The fourth-order valence-corrected chi connectivity index (χ4v) is 2.62. The zero-order valence-corrected chi connectivity index (χ0v) is 14.1. The van der Waals surface area contributed by atoms with Gasteiger partial charge in [-0.3, -0.25) is 0 Å². The van der Waals surface area contributed by atoms with Crippen LogP contribution in [0.3, 0.4) is 0 Å². The number of likely N-dealkylation sites (tertiary alicyclic amines) is 1. The second-order valence-corrected chi connectivity index (χ2v) is 7.35. The van der Waals surface area contributed by atoms with E-state index in [4.69, 9.17) is 4.42 Å². The lowest BCUT2D eigenvalue weighted by Crippen LogP contribution is -2.36. The first-order valence-corrected chi connectivity index (χ1v) is 7.92. The molecular weight excluding hydrogens is 264 g/mol. The first kappa shape index (κ1) is 16.3. The maximum absolute atomic E-state index is 5.62. The van der Waals surface area contributed by atoms with Crippen molar-refractivity contribution in [1.82, 2.24) is 15.2 Å². The topological polar surface area (TPSA) is 44.5 Å². The standard InChI is InChI=1S/C16H30N4O/c1-16(2,3)17-10-14-12-21-15(18-14)20(5)11-13-6-8-19(4)9-7-13/h12-13,17H,6-11H2,1-5H3. The molecule has 0 atom stereocenters. The lowest BCUT2D eigenvalue weighted by molar-refractivity contribution is 0.221. The Hall–Kier alpha value is -1.07. The van der Waals surface area contributed by atoms with Crippen LogP contribution in [0.4, 0.5) is 6.01 Å². The van der Waals surface area contributed by atoms with Crippen molar-refractivity contribution in [3.05, 3.63) is 12.0 Å². The minimum Gasteiger partial charge on any atom is -0.432 e. The van der Waals surface area contributed by atoms with Gasteiger partial charge in [-0.25, -0.2) is 0 Å². The highest BCUT2D eigenvalue weighted by Gasteiger charge is 2.20. The van der Waals surface area contributed by atoms with Crippen LogP contribution in [-0.4, -0.2) is 49.2 Å². The molecule has 5 nitrogen and oxygen atoms in total. The molecule has 120 valence electrons. The molecule has 1 aromatic heterocycles. The summed E-state index contributed by atoms with van der Waals surface area (Å²) < 4.78 is 5.62. The molecule has 2 heterocycles. The van der Waals surface area contributed by atoms with Crippen LogP contribution in [0, 0.1) is 5.92 Å². The van der Waals surface area contributed by atoms with E-state index >= 15 is 0 Å². The Labute approximate surface area is 128 Å². The van der Waals surface area contributed by atoms with Crippen LogP contribution in [0.1, 0.15) is 39.3 Å². The van der Waals surface area contributed by atoms with Gasteiger partial charge in [0.2, 0.25) is 0 Å². The molecule has 1 N–H and O–H groups in total. The molecule has 1 aliphatic heterocycles. The molecular formula is C16H30N4O. The summed E-state index contributed by atoms with van der Waals surface area (Å²) in [5.41, 5.74) is 1.06. The van der Waals surface area contributed by atoms with Gasteiger partial charge in [-0.1, -0.05) is 0 Å². The summed E-state index contributed by atoms with van der Waals surface area (Å²) in [6, 6.07) is 0.736. The molecule has 0 amide bonds. The summed E-state index contributed by atoms with van der Waals surface area (Å²) in [5, 5.41) is 3.43. The zero-order chi connectivity index (χ0) is 15.5. The van der Waals surface area contributed by atoms with E-state index in [1.165, 1.54) is 25.9 Å². The van der Waals surface area contributed by atoms with Crippen LogP contribution in [0.5, 0.6) is 0 Å². The van der Waals surface area contributed by atoms with Gasteiger partial charge in [0.05, 0.1) is 5.69 Å². The number of aromatic nitrogens is 1. The summed E-state index contributed by atoms with van der Waals surface area (Å²) in [7, 11) is 4.27. The molecule has 0 radical (unpaired) electrons. The SMILES string of the molecule is CN1CCC(CN(C)c2nc(CNC(C)(C)C)co2)CC1. The molecule has 21 heavy (non-hydrogen) atoms. The van der Waals surface area contributed by atoms with Crippen molar-refractivity contribution < 1.29 is 4.42 Å². The van der Waals surface area contributed by atoms with E-state index < -0.39 is 0 Å². The number of nitrogens with zero attached hydrogens (tertiary/aromatic N) is 3. The second kappa shape index (κ2) is 6.79. The predicted octanol–water partition coefficient (Wildman–Crippen LogP) is 2.34. The van der Waals surface area contributed by atoms with Gasteiger partial charge in [0.15, 0.2) is 0 Å². The van der Waals surface area contributed by atoms with E-state index in [1.54, 1.807) is 6.26 Å². The third-order valence-corrected chi connectivity index (χ3v) is 4.04. The third-order valence-electron chi connectivity index (χ3n) is 4.04. The van der Waals surface area contributed by atoms with Gasteiger partial charge >= 0.3 is 0 Å². The molecule has 5 heteroatoms. The molecule has 0 saturated carbocycles. The Bertz CT molecular complexity index is 430. The maximum Gasteiger partial charge on any atom is 0.297 e. The lowest BCUT2D eigenvalue weighted by atomic mass is 9.97. The highest BCUT2D eigenvalue weighted by molar-refractivity contribution is 5.25. The van der Waals surface area contributed by atoms with Crippen molar-refractivity contribution >= 4 is 6.01 Å². The van der Waals surface area contributed by atoms with Crippen LogP contribution in [0.2, 0.25) is 0 Å². The number of hydrogen-bond donors (Lipinski definition) is 1. The minimum absolute atomic E-state index is 0.0964. The lowest BCUT2D eigenvalue weighted by Gasteiger charge is -2.31. The average molecular weight is 294 g/mol. The average Bonchev–Trinajstić information content (AvgIpc) is 2.87. The molecule has 1 saturated heterocycles. The van der Waals surface area contributed by atoms with Gasteiger partial charge in [-0.05, 0) is 59.7 Å². The molecule has 0 bridgehead atoms. The van der Waals surface area contributed by atoms with Crippen LogP contribution in [0.15, 0.2) is 10.7 Å². The Kier molecular flexibility index (Phi) is 5.27. The van der Waals surface area contributed by atoms with Crippen molar-refractivity contribution in [1.29, 1.82) is 0 Å². The predicted molar refractivity (Wildman–Crippen MR) is 86.6 cm³/mol. The van der Waals surface area contributed by atoms with E-state index in [9.17, 15) is 0 Å². The minimum atomic E-state index is 0.0964. The first-order chi connectivity index (χ1) is 9.83. The Morgan fingerprint density at radius 3 is 2.67 bits per heavy atom. The Morgan fingerprint density at radius 1 is 1.38 bits per heavy atom. The van der Waals surface area contributed by atoms with E-state index in [0.717, 1.165) is 30.7 Å². The zero-order valence-electron chi connectivity index (χ0n) is 14.1. The summed E-state index contributed by atoms with van der Waals surface area (Å²) in [5.74, 6) is 0.745. The van der Waals surface area contributed by atoms with Gasteiger partial charge in [-0.15, -0.1) is 0 Å². The maximum atomic E-state index is 5.62. The smallest absolute Gasteiger partial charge is 0.297 e.